The molecule has 2 rings (SSSR count). The lowest BCUT2D eigenvalue weighted by Crippen LogP contribution is -2.52. The second-order valence-corrected chi connectivity index (χ2v) is 5.97. The molecule has 0 spiro atoms. The van der Waals surface area contributed by atoms with Crippen LogP contribution in [0.15, 0.2) is 30.3 Å². The van der Waals surface area contributed by atoms with Crippen molar-refractivity contribution in [2.45, 2.75) is 39.3 Å². The van der Waals surface area contributed by atoms with Gasteiger partial charge in [-0.2, -0.15) is 0 Å². The summed E-state index contributed by atoms with van der Waals surface area (Å²) in [4.78, 5) is 13.9. The van der Waals surface area contributed by atoms with E-state index in [2.05, 4.69) is 19.1 Å². The van der Waals surface area contributed by atoms with Crippen molar-refractivity contribution in [1.82, 2.24) is 4.90 Å². The van der Waals surface area contributed by atoms with E-state index in [4.69, 9.17) is 4.74 Å². The largest absolute Gasteiger partial charge is 0.444 e. The van der Waals surface area contributed by atoms with E-state index in [-0.39, 0.29) is 12.1 Å². The molecule has 1 aliphatic heterocycles. The normalized spacial score (nSPS) is 23.4. The maximum atomic E-state index is 12.1. The average Bonchev–Trinajstić information content (AvgIpc) is 2.24. The highest BCUT2D eigenvalue weighted by molar-refractivity contribution is 5.70. The van der Waals surface area contributed by atoms with Gasteiger partial charge < -0.3 is 9.64 Å². The quantitative estimate of drug-likeness (QED) is 0.758. The lowest BCUT2D eigenvalue weighted by Gasteiger charge is -2.46. The third-order valence-electron chi connectivity index (χ3n) is 3.13. The molecule has 18 heavy (non-hydrogen) atoms. The number of benzene rings is 1. The summed E-state index contributed by atoms with van der Waals surface area (Å²) in [5.41, 5.74) is 0.749. The van der Waals surface area contributed by atoms with Crippen LogP contribution >= 0.6 is 0 Å². The predicted molar refractivity (Wildman–Crippen MR) is 71.3 cm³/mol. The summed E-state index contributed by atoms with van der Waals surface area (Å²) in [6, 6.07) is 10.3. The van der Waals surface area contributed by atoms with E-state index >= 15 is 0 Å². The molecule has 3 heteroatoms. The molecule has 1 saturated heterocycles. The topological polar surface area (TPSA) is 29.5 Å². The van der Waals surface area contributed by atoms with Gasteiger partial charge in [0, 0.05) is 6.54 Å². The SMILES string of the molecule is C[C@H]1CN(C(=O)OC(C)(C)C)[C@H]1c1ccccc1. The smallest absolute Gasteiger partial charge is 0.410 e. The number of hydrogen-bond donors (Lipinski definition) is 0. The number of hydrogen-bond acceptors (Lipinski definition) is 2. The number of likely N-dealkylation sites (tertiary alicyclic amines) is 1. The fraction of sp³-hybridized carbons (Fsp3) is 0.533. The fourth-order valence-corrected chi connectivity index (χ4v) is 2.36. The van der Waals surface area contributed by atoms with E-state index in [1.54, 1.807) is 0 Å². The second-order valence-electron chi connectivity index (χ2n) is 5.97. The van der Waals surface area contributed by atoms with Gasteiger partial charge in [-0.3, -0.25) is 0 Å². The Bertz CT molecular complexity index is 422. The predicted octanol–water partition coefficient (Wildman–Crippen LogP) is 3.61. The summed E-state index contributed by atoms with van der Waals surface area (Å²) in [6.07, 6.45) is -0.213. The van der Waals surface area contributed by atoms with Crippen LogP contribution in [0.3, 0.4) is 0 Å². The van der Waals surface area contributed by atoms with Crippen molar-refractivity contribution in [2.24, 2.45) is 5.92 Å². The Hall–Kier alpha value is -1.51. The monoisotopic (exact) mass is 247 g/mol. The zero-order chi connectivity index (χ0) is 13.3. The minimum absolute atomic E-state index is 0.154. The fourth-order valence-electron chi connectivity index (χ4n) is 2.36. The molecule has 1 fully saturated rings. The third-order valence-corrected chi connectivity index (χ3v) is 3.13. The van der Waals surface area contributed by atoms with Crippen LogP contribution in [0, 0.1) is 5.92 Å². The van der Waals surface area contributed by atoms with E-state index in [1.807, 2.05) is 43.9 Å². The van der Waals surface area contributed by atoms with Crippen LogP contribution in [0.5, 0.6) is 0 Å². The number of ether oxygens (including phenoxy) is 1. The summed E-state index contributed by atoms with van der Waals surface area (Å²) >= 11 is 0. The van der Waals surface area contributed by atoms with Crippen LogP contribution in [-0.2, 0) is 4.74 Å². The number of amides is 1. The molecule has 0 N–H and O–H groups in total. The van der Waals surface area contributed by atoms with Crippen LogP contribution in [0.2, 0.25) is 0 Å². The lowest BCUT2D eigenvalue weighted by atomic mass is 9.85. The summed E-state index contributed by atoms with van der Waals surface area (Å²) < 4.78 is 5.43. The van der Waals surface area contributed by atoms with Gasteiger partial charge in [0.2, 0.25) is 0 Å². The van der Waals surface area contributed by atoms with Crippen molar-refractivity contribution in [3.05, 3.63) is 35.9 Å². The molecule has 98 valence electrons. The first-order valence-electron chi connectivity index (χ1n) is 6.43. The lowest BCUT2D eigenvalue weighted by molar-refractivity contribution is -0.0269. The number of rotatable bonds is 1. The number of carbonyl (C=O) groups excluding carboxylic acids is 1. The Labute approximate surface area is 109 Å². The Balaban J connectivity index is 2.09. The van der Waals surface area contributed by atoms with Gasteiger partial charge in [-0.25, -0.2) is 4.79 Å². The van der Waals surface area contributed by atoms with Crippen molar-refractivity contribution in [3.8, 4) is 0 Å². The van der Waals surface area contributed by atoms with Crippen molar-refractivity contribution < 1.29 is 9.53 Å². The molecule has 1 amide bonds. The van der Waals surface area contributed by atoms with Gasteiger partial charge in [0.15, 0.2) is 0 Å². The van der Waals surface area contributed by atoms with Crippen molar-refractivity contribution in [1.29, 1.82) is 0 Å². The molecule has 0 saturated carbocycles. The van der Waals surface area contributed by atoms with Crippen molar-refractivity contribution in [2.75, 3.05) is 6.54 Å². The van der Waals surface area contributed by atoms with Gasteiger partial charge in [-0.05, 0) is 32.3 Å². The highest BCUT2D eigenvalue weighted by Gasteiger charge is 2.41. The van der Waals surface area contributed by atoms with Crippen LogP contribution in [0.25, 0.3) is 0 Å². The Kier molecular flexibility index (Phi) is 3.33. The molecule has 3 nitrogen and oxygen atoms in total. The highest BCUT2D eigenvalue weighted by atomic mass is 16.6. The maximum Gasteiger partial charge on any atom is 0.410 e. The number of nitrogens with zero attached hydrogens (tertiary/aromatic N) is 1. The van der Waals surface area contributed by atoms with Gasteiger partial charge in [-0.1, -0.05) is 37.3 Å². The van der Waals surface area contributed by atoms with Crippen LogP contribution < -0.4 is 0 Å². The first-order chi connectivity index (χ1) is 8.38. The number of carbonyl (C=O) groups is 1. The van der Waals surface area contributed by atoms with Gasteiger partial charge >= 0.3 is 6.09 Å². The molecular formula is C15H21NO2. The van der Waals surface area contributed by atoms with Crippen molar-refractivity contribution in [3.63, 3.8) is 0 Å². The van der Waals surface area contributed by atoms with Gasteiger partial charge in [-0.15, -0.1) is 0 Å². The molecule has 1 aliphatic rings. The van der Waals surface area contributed by atoms with Crippen LogP contribution in [0.1, 0.15) is 39.3 Å². The minimum Gasteiger partial charge on any atom is -0.444 e. The summed E-state index contributed by atoms with van der Waals surface area (Å²) in [6.45, 7) is 8.62. The molecule has 0 aliphatic carbocycles. The van der Waals surface area contributed by atoms with E-state index in [0.717, 1.165) is 6.54 Å². The third kappa shape index (κ3) is 2.66. The second kappa shape index (κ2) is 4.63. The summed E-state index contributed by atoms with van der Waals surface area (Å²) in [5, 5.41) is 0. The van der Waals surface area contributed by atoms with Gasteiger partial charge in [0.25, 0.3) is 0 Å². The summed E-state index contributed by atoms with van der Waals surface area (Å²) in [7, 11) is 0. The maximum absolute atomic E-state index is 12.1. The van der Waals surface area contributed by atoms with Gasteiger partial charge in [0.05, 0.1) is 6.04 Å². The molecule has 0 unspecified atom stereocenters. The van der Waals surface area contributed by atoms with E-state index in [0.29, 0.717) is 5.92 Å². The van der Waals surface area contributed by atoms with E-state index in [1.165, 1.54) is 5.56 Å². The molecule has 1 heterocycles. The molecular weight excluding hydrogens is 226 g/mol. The van der Waals surface area contributed by atoms with E-state index < -0.39 is 5.60 Å². The van der Waals surface area contributed by atoms with Crippen molar-refractivity contribution >= 4 is 6.09 Å². The molecule has 1 aromatic rings. The average molecular weight is 247 g/mol. The first-order valence-corrected chi connectivity index (χ1v) is 6.43. The molecule has 0 bridgehead atoms. The Morgan fingerprint density at radius 2 is 1.89 bits per heavy atom. The molecule has 0 radical (unpaired) electrons. The zero-order valence-electron chi connectivity index (χ0n) is 11.5. The molecule has 1 aromatic carbocycles. The molecule has 2 atom stereocenters. The highest BCUT2D eigenvalue weighted by Crippen LogP contribution is 2.39. The van der Waals surface area contributed by atoms with Gasteiger partial charge in [0.1, 0.15) is 5.60 Å². The minimum atomic E-state index is -0.433. The van der Waals surface area contributed by atoms with Crippen LogP contribution in [0.4, 0.5) is 4.79 Å². The summed E-state index contributed by atoms with van der Waals surface area (Å²) in [5.74, 6) is 0.486. The zero-order valence-corrected chi connectivity index (χ0v) is 11.5. The first kappa shape index (κ1) is 12.9. The standard InChI is InChI=1S/C15H21NO2/c1-11-10-16(14(17)18-15(2,3)4)13(11)12-8-6-5-7-9-12/h5-9,11,13H,10H2,1-4H3/t11-,13+/m0/s1. The Morgan fingerprint density at radius 1 is 1.28 bits per heavy atom. The Morgan fingerprint density at radius 3 is 2.39 bits per heavy atom. The van der Waals surface area contributed by atoms with E-state index in [9.17, 15) is 4.79 Å². The van der Waals surface area contributed by atoms with Crippen LogP contribution in [-0.4, -0.2) is 23.1 Å². The molecule has 0 aromatic heterocycles.